The maximum atomic E-state index is 12.1. The van der Waals surface area contributed by atoms with E-state index in [2.05, 4.69) is 31.3 Å². The van der Waals surface area contributed by atoms with Crippen molar-refractivity contribution >= 4 is 11.9 Å². The summed E-state index contributed by atoms with van der Waals surface area (Å²) in [6.45, 7) is 4.39. The number of carbonyl (C=O) groups is 2. The van der Waals surface area contributed by atoms with Crippen LogP contribution in [0.25, 0.3) is 0 Å². The van der Waals surface area contributed by atoms with Crippen molar-refractivity contribution in [2.75, 3.05) is 0 Å². The molecule has 1 amide bonds. The van der Waals surface area contributed by atoms with Gasteiger partial charge in [-0.3, -0.25) is 9.59 Å². The van der Waals surface area contributed by atoms with Crippen molar-refractivity contribution in [3.63, 3.8) is 0 Å². The van der Waals surface area contributed by atoms with Crippen LogP contribution in [0, 0.1) is 11.8 Å². The molecule has 4 nitrogen and oxygen atoms in total. The van der Waals surface area contributed by atoms with Crippen LogP contribution in [0.1, 0.15) is 50.7 Å². The highest BCUT2D eigenvalue weighted by molar-refractivity contribution is 5.79. The maximum Gasteiger partial charge on any atom is 0.306 e. The summed E-state index contributed by atoms with van der Waals surface area (Å²) in [5.41, 5.74) is 2.32. The van der Waals surface area contributed by atoms with Gasteiger partial charge in [0.1, 0.15) is 0 Å². The summed E-state index contributed by atoms with van der Waals surface area (Å²) in [6, 6.07) is 8.37. The van der Waals surface area contributed by atoms with E-state index in [1.165, 1.54) is 5.56 Å². The third-order valence-corrected chi connectivity index (χ3v) is 4.47. The van der Waals surface area contributed by atoms with Crippen LogP contribution >= 0.6 is 0 Å². The molecular weight excluding hydrogens is 290 g/mol. The summed E-state index contributed by atoms with van der Waals surface area (Å²) in [6.07, 6.45) is 4.28. The first-order valence-electron chi connectivity index (χ1n) is 8.54. The lowest BCUT2D eigenvalue weighted by molar-refractivity contribution is -0.142. The average molecular weight is 317 g/mol. The first kappa shape index (κ1) is 17.5. The van der Waals surface area contributed by atoms with Gasteiger partial charge in [-0.05, 0) is 49.1 Å². The molecule has 1 aliphatic rings. The summed E-state index contributed by atoms with van der Waals surface area (Å²) < 4.78 is 0. The molecule has 1 fully saturated rings. The topological polar surface area (TPSA) is 66.4 Å². The van der Waals surface area contributed by atoms with E-state index in [0.717, 1.165) is 24.8 Å². The van der Waals surface area contributed by atoms with Gasteiger partial charge < -0.3 is 10.4 Å². The van der Waals surface area contributed by atoms with Crippen LogP contribution in [-0.2, 0) is 22.4 Å². The van der Waals surface area contributed by atoms with Gasteiger partial charge in [-0.2, -0.15) is 0 Å². The van der Waals surface area contributed by atoms with Crippen molar-refractivity contribution in [1.29, 1.82) is 0 Å². The van der Waals surface area contributed by atoms with Gasteiger partial charge in [-0.1, -0.05) is 38.1 Å². The quantitative estimate of drug-likeness (QED) is 0.847. The minimum atomic E-state index is -0.712. The summed E-state index contributed by atoms with van der Waals surface area (Å²) in [5.74, 6) is -0.293. The average Bonchev–Trinajstić information content (AvgIpc) is 2.49. The number of carboxylic acid groups (broad SMARTS) is 1. The van der Waals surface area contributed by atoms with Crippen LogP contribution in [0.5, 0.6) is 0 Å². The number of carbonyl (C=O) groups excluding carboxylic acids is 1. The summed E-state index contributed by atoms with van der Waals surface area (Å²) >= 11 is 0. The molecular formula is C19H27NO3. The van der Waals surface area contributed by atoms with Gasteiger partial charge in [0.05, 0.1) is 12.3 Å². The maximum absolute atomic E-state index is 12.1. The predicted molar refractivity (Wildman–Crippen MR) is 90.2 cm³/mol. The normalized spacial score (nSPS) is 21.2. The van der Waals surface area contributed by atoms with E-state index in [-0.39, 0.29) is 17.9 Å². The first-order valence-corrected chi connectivity index (χ1v) is 8.54. The number of amides is 1. The van der Waals surface area contributed by atoms with E-state index in [9.17, 15) is 9.59 Å². The highest BCUT2D eigenvalue weighted by atomic mass is 16.4. The van der Waals surface area contributed by atoms with Crippen molar-refractivity contribution in [3.05, 3.63) is 35.4 Å². The van der Waals surface area contributed by atoms with Crippen molar-refractivity contribution in [2.24, 2.45) is 11.8 Å². The van der Waals surface area contributed by atoms with Gasteiger partial charge in [0.2, 0.25) is 5.91 Å². The van der Waals surface area contributed by atoms with E-state index in [0.29, 0.717) is 25.2 Å². The van der Waals surface area contributed by atoms with E-state index >= 15 is 0 Å². The Hall–Kier alpha value is -1.84. The molecule has 1 aromatic carbocycles. The Morgan fingerprint density at radius 2 is 1.65 bits per heavy atom. The van der Waals surface area contributed by atoms with Crippen LogP contribution in [0.4, 0.5) is 0 Å². The van der Waals surface area contributed by atoms with Crippen LogP contribution in [0.15, 0.2) is 24.3 Å². The molecule has 4 heteroatoms. The number of rotatable bonds is 6. The molecule has 2 N–H and O–H groups in total. The Morgan fingerprint density at radius 3 is 2.17 bits per heavy atom. The second-order valence-electron chi connectivity index (χ2n) is 7.05. The van der Waals surface area contributed by atoms with Crippen LogP contribution in [0.2, 0.25) is 0 Å². The minimum Gasteiger partial charge on any atom is -0.481 e. The molecule has 0 spiro atoms. The zero-order valence-electron chi connectivity index (χ0n) is 14.0. The fourth-order valence-corrected chi connectivity index (χ4v) is 3.21. The molecule has 0 aromatic heterocycles. The van der Waals surface area contributed by atoms with Crippen molar-refractivity contribution < 1.29 is 14.7 Å². The molecule has 0 atom stereocenters. The Bertz CT molecular complexity index is 528. The second kappa shape index (κ2) is 8.14. The number of benzene rings is 1. The molecule has 0 saturated heterocycles. The molecule has 1 saturated carbocycles. The fourth-order valence-electron chi connectivity index (χ4n) is 3.21. The highest BCUT2D eigenvalue weighted by Gasteiger charge is 2.26. The molecule has 1 aromatic rings. The van der Waals surface area contributed by atoms with Gasteiger partial charge in [-0.15, -0.1) is 0 Å². The summed E-state index contributed by atoms with van der Waals surface area (Å²) in [7, 11) is 0. The summed E-state index contributed by atoms with van der Waals surface area (Å²) in [5, 5.41) is 12.0. The SMILES string of the molecule is CC(C)Cc1ccc(CC(=O)NC2CCC(C(=O)O)CC2)cc1. The summed E-state index contributed by atoms with van der Waals surface area (Å²) in [4.78, 5) is 23.1. The number of aliphatic carboxylic acids is 1. The largest absolute Gasteiger partial charge is 0.481 e. The van der Waals surface area contributed by atoms with Crippen LogP contribution in [-0.4, -0.2) is 23.0 Å². The Labute approximate surface area is 138 Å². The van der Waals surface area contributed by atoms with E-state index in [1.54, 1.807) is 0 Å². The zero-order chi connectivity index (χ0) is 16.8. The second-order valence-corrected chi connectivity index (χ2v) is 7.05. The molecule has 126 valence electrons. The van der Waals surface area contributed by atoms with Gasteiger partial charge in [0.15, 0.2) is 0 Å². The van der Waals surface area contributed by atoms with Gasteiger partial charge in [0.25, 0.3) is 0 Å². The lowest BCUT2D eigenvalue weighted by Crippen LogP contribution is -2.39. The zero-order valence-corrected chi connectivity index (χ0v) is 14.0. The van der Waals surface area contributed by atoms with E-state index < -0.39 is 5.97 Å². The molecule has 0 bridgehead atoms. The number of hydrogen-bond acceptors (Lipinski definition) is 2. The lowest BCUT2D eigenvalue weighted by atomic mass is 9.86. The van der Waals surface area contributed by atoms with Gasteiger partial charge in [0, 0.05) is 6.04 Å². The third kappa shape index (κ3) is 5.70. The number of hydrogen-bond donors (Lipinski definition) is 2. The molecule has 23 heavy (non-hydrogen) atoms. The van der Waals surface area contributed by atoms with E-state index in [1.807, 2.05) is 12.1 Å². The molecule has 0 unspecified atom stereocenters. The Morgan fingerprint density at radius 1 is 1.09 bits per heavy atom. The lowest BCUT2D eigenvalue weighted by Gasteiger charge is -2.26. The molecule has 0 heterocycles. The standard InChI is InChI=1S/C19H27NO3/c1-13(2)11-14-3-5-15(6-4-14)12-18(21)20-17-9-7-16(8-10-17)19(22)23/h3-6,13,16-17H,7-12H2,1-2H3,(H,20,21)(H,22,23). The number of nitrogens with one attached hydrogen (secondary N) is 1. The van der Waals surface area contributed by atoms with Crippen LogP contribution < -0.4 is 5.32 Å². The smallest absolute Gasteiger partial charge is 0.306 e. The Balaban J connectivity index is 1.78. The number of carboxylic acids is 1. The van der Waals surface area contributed by atoms with Gasteiger partial charge in [-0.25, -0.2) is 0 Å². The third-order valence-electron chi connectivity index (χ3n) is 4.47. The molecule has 0 radical (unpaired) electrons. The monoisotopic (exact) mass is 317 g/mol. The Kier molecular flexibility index (Phi) is 6.20. The van der Waals surface area contributed by atoms with Crippen LogP contribution in [0.3, 0.4) is 0 Å². The molecule has 0 aliphatic heterocycles. The predicted octanol–water partition coefficient (Wildman–Crippen LogP) is 3.19. The minimum absolute atomic E-state index is 0.0281. The molecule has 1 aliphatic carbocycles. The first-order chi connectivity index (χ1) is 10.9. The molecule has 2 rings (SSSR count). The van der Waals surface area contributed by atoms with Gasteiger partial charge >= 0.3 is 5.97 Å². The highest BCUT2D eigenvalue weighted by Crippen LogP contribution is 2.24. The van der Waals surface area contributed by atoms with Crippen molar-refractivity contribution in [2.45, 2.75) is 58.4 Å². The fraction of sp³-hybridized carbons (Fsp3) is 0.579. The van der Waals surface area contributed by atoms with E-state index in [4.69, 9.17) is 5.11 Å². The van der Waals surface area contributed by atoms with Crippen molar-refractivity contribution in [1.82, 2.24) is 5.32 Å². The van der Waals surface area contributed by atoms with Crippen molar-refractivity contribution in [3.8, 4) is 0 Å².